The summed E-state index contributed by atoms with van der Waals surface area (Å²) >= 11 is 5.88. The average molecular weight is 297 g/mol. The Morgan fingerprint density at radius 2 is 1.80 bits per heavy atom. The fourth-order valence-corrected chi connectivity index (χ4v) is 2.22. The number of hydrogen-bond acceptors (Lipinski definition) is 2. The van der Waals surface area contributed by atoms with E-state index in [0.717, 1.165) is 31.0 Å². The molecular weight excluding hydrogens is 272 g/mol. The van der Waals surface area contributed by atoms with E-state index in [9.17, 15) is 4.79 Å². The Kier molecular flexibility index (Phi) is 7.63. The maximum absolute atomic E-state index is 12.0. The Morgan fingerprint density at radius 3 is 2.30 bits per heavy atom. The molecule has 4 heteroatoms. The lowest BCUT2D eigenvalue weighted by molar-refractivity contribution is -0.123. The summed E-state index contributed by atoms with van der Waals surface area (Å²) in [4.78, 5) is 14.1. The van der Waals surface area contributed by atoms with Crippen molar-refractivity contribution in [2.24, 2.45) is 0 Å². The zero-order valence-corrected chi connectivity index (χ0v) is 13.4. The van der Waals surface area contributed by atoms with Crippen LogP contribution in [0.4, 0.5) is 0 Å². The maximum Gasteiger partial charge on any atom is 0.234 e. The Balaban J connectivity index is 2.50. The normalized spacial score (nSPS) is 11.1. The molecular formula is C16H25ClN2O. The molecule has 20 heavy (non-hydrogen) atoms. The standard InChI is InChI=1S/C16H25ClN2O/c1-4-15(5-2)18-16(20)12-19(6-3)11-13-7-9-14(17)10-8-13/h7-10,15H,4-6,11-12H2,1-3H3,(H,18,20). The van der Waals surface area contributed by atoms with Crippen LogP contribution in [0.3, 0.4) is 0 Å². The molecule has 0 fully saturated rings. The molecule has 0 saturated heterocycles. The topological polar surface area (TPSA) is 32.3 Å². The number of carbonyl (C=O) groups is 1. The molecule has 0 aromatic heterocycles. The van der Waals surface area contributed by atoms with E-state index in [2.05, 4.69) is 31.0 Å². The van der Waals surface area contributed by atoms with Gasteiger partial charge in [-0.2, -0.15) is 0 Å². The summed E-state index contributed by atoms with van der Waals surface area (Å²) in [6.07, 6.45) is 1.96. The van der Waals surface area contributed by atoms with Gasteiger partial charge in [-0.25, -0.2) is 0 Å². The van der Waals surface area contributed by atoms with Gasteiger partial charge in [-0.05, 0) is 37.1 Å². The molecule has 1 amide bonds. The van der Waals surface area contributed by atoms with Crippen molar-refractivity contribution in [3.63, 3.8) is 0 Å². The Hall–Kier alpha value is -1.06. The molecule has 1 N–H and O–H groups in total. The summed E-state index contributed by atoms with van der Waals surface area (Å²) in [7, 11) is 0. The van der Waals surface area contributed by atoms with Gasteiger partial charge in [0.1, 0.15) is 0 Å². The van der Waals surface area contributed by atoms with Gasteiger partial charge in [-0.3, -0.25) is 9.69 Å². The van der Waals surface area contributed by atoms with Gasteiger partial charge in [-0.1, -0.05) is 44.5 Å². The monoisotopic (exact) mass is 296 g/mol. The predicted molar refractivity (Wildman–Crippen MR) is 84.9 cm³/mol. The van der Waals surface area contributed by atoms with Crippen LogP contribution < -0.4 is 5.32 Å². The van der Waals surface area contributed by atoms with E-state index < -0.39 is 0 Å². The van der Waals surface area contributed by atoms with Crippen LogP contribution in [-0.2, 0) is 11.3 Å². The molecule has 0 saturated carbocycles. The third-order valence-corrected chi connectivity index (χ3v) is 3.74. The highest BCUT2D eigenvalue weighted by Gasteiger charge is 2.12. The molecule has 3 nitrogen and oxygen atoms in total. The third-order valence-electron chi connectivity index (χ3n) is 3.48. The van der Waals surface area contributed by atoms with Gasteiger partial charge >= 0.3 is 0 Å². The molecule has 0 radical (unpaired) electrons. The number of hydrogen-bond donors (Lipinski definition) is 1. The van der Waals surface area contributed by atoms with Crippen molar-refractivity contribution < 1.29 is 4.79 Å². The van der Waals surface area contributed by atoms with Crippen LogP contribution >= 0.6 is 11.6 Å². The van der Waals surface area contributed by atoms with Gasteiger partial charge in [0.25, 0.3) is 0 Å². The van der Waals surface area contributed by atoms with Crippen LogP contribution in [0, 0.1) is 0 Å². The number of likely N-dealkylation sites (N-methyl/N-ethyl adjacent to an activating group) is 1. The third kappa shape index (κ3) is 5.93. The van der Waals surface area contributed by atoms with Crippen LogP contribution in [0.5, 0.6) is 0 Å². The lowest BCUT2D eigenvalue weighted by Crippen LogP contribution is -2.41. The number of halogens is 1. The second-order valence-electron chi connectivity index (χ2n) is 5.01. The molecule has 0 bridgehead atoms. The van der Waals surface area contributed by atoms with E-state index >= 15 is 0 Å². The van der Waals surface area contributed by atoms with Crippen molar-refractivity contribution in [1.82, 2.24) is 10.2 Å². The average Bonchev–Trinajstić information content (AvgIpc) is 2.46. The van der Waals surface area contributed by atoms with E-state index in [1.54, 1.807) is 0 Å². The molecule has 1 rings (SSSR count). The summed E-state index contributed by atoms with van der Waals surface area (Å²) in [5.41, 5.74) is 1.17. The molecule has 0 atom stereocenters. The minimum atomic E-state index is 0.106. The summed E-state index contributed by atoms with van der Waals surface area (Å²) in [5, 5.41) is 3.81. The SMILES string of the molecule is CCC(CC)NC(=O)CN(CC)Cc1ccc(Cl)cc1. The van der Waals surface area contributed by atoms with Crippen molar-refractivity contribution >= 4 is 17.5 Å². The number of nitrogens with one attached hydrogen (secondary N) is 1. The van der Waals surface area contributed by atoms with Gasteiger partial charge in [0.05, 0.1) is 6.54 Å². The van der Waals surface area contributed by atoms with Crippen LogP contribution in [0.15, 0.2) is 24.3 Å². The van der Waals surface area contributed by atoms with E-state index in [4.69, 9.17) is 11.6 Å². The fourth-order valence-electron chi connectivity index (χ4n) is 2.10. The van der Waals surface area contributed by atoms with Crippen LogP contribution in [0.1, 0.15) is 39.2 Å². The first-order chi connectivity index (χ1) is 9.58. The van der Waals surface area contributed by atoms with Gasteiger partial charge in [-0.15, -0.1) is 0 Å². The summed E-state index contributed by atoms with van der Waals surface area (Å²) in [5.74, 6) is 0.106. The molecule has 1 aromatic carbocycles. The maximum atomic E-state index is 12.0. The smallest absolute Gasteiger partial charge is 0.234 e. The predicted octanol–water partition coefficient (Wildman–Crippen LogP) is 3.47. The highest BCUT2D eigenvalue weighted by atomic mass is 35.5. The Labute approximate surface area is 127 Å². The number of carbonyl (C=O) groups excluding carboxylic acids is 1. The molecule has 0 spiro atoms. The molecule has 0 aliphatic rings. The number of nitrogens with zero attached hydrogens (tertiary/aromatic N) is 1. The van der Waals surface area contributed by atoms with E-state index in [1.807, 2.05) is 24.3 Å². The highest BCUT2D eigenvalue weighted by Crippen LogP contribution is 2.11. The minimum Gasteiger partial charge on any atom is -0.352 e. The van der Waals surface area contributed by atoms with Crippen molar-refractivity contribution in [1.29, 1.82) is 0 Å². The van der Waals surface area contributed by atoms with Gasteiger partial charge in [0, 0.05) is 17.6 Å². The number of amides is 1. The fraction of sp³-hybridized carbons (Fsp3) is 0.562. The van der Waals surface area contributed by atoms with Gasteiger partial charge in [0.15, 0.2) is 0 Å². The van der Waals surface area contributed by atoms with E-state index in [0.29, 0.717) is 6.54 Å². The molecule has 0 unspecified atom stereocenters. The lowest BCUT2D eigenvalue weighted by Gasteiger charge is -2.22. The zero-order chi connectivity index (χ0) is 15.0. The highest BCUT2D eigenvalue weighted by molar-refractivity contribution is 6.30. The van der Waals surface area contributed by atoms with Crippen molar-refractivity contribution in [3.05, 3.63) is 34.9 Å². The van der Waals surface area contributed by atoms with Crippen LogP contribution in [0.25, 0.3) is 0 Å². The summed E-state index contributed by atoms with van der Waals surface area (Å²) in [6.45, 7) is 8.32. The minimum absolute atomic E-state index is 0.106. The second kappa shape index (κ2) is 8.98. The molecule has 112 valence electrons. The molecule has 0 heterocycles. The van der Waals surface area contributed by atoms with Gasteiger partial charge < -0.3 is 5.32 Å². The first-order valence-electron chi connectivity index (χ1n) is 7.35. The number of rotatable bonds is 8. The Bertz CT molecular complexity index is 401. The number of benzene rings is 1. The molecule has 1 aromatic rings. The molecule has 0 aliphatic heterocycles. The lowest BCUT2D eigenvalue weighted by atomic mass is 10.1. The van der Waals surface area contributed by atoms with E-state index in [1.165, 1.54) is 5.56 Å². The first kappa shape index (κ1) is 17.0. The molecule has 0 aliphatic carbocycles. The Morgan fingerprint density at radius 1 is 1.20 bits per heavy atom. The van der Waals surface area contributed by atoms with E-state index in [-0.39, 0.29) is 11.9 Å². The summed E-state index contributed by atoms with van der Waals surface area (Å²) < 4.78 is 0. The van der Waals surface area contributed by atoms with Crippen LogP contribution in [-0.4, -0.2) is 29.9 Å². The van der Waals surface area contributed by atoms with Crippen molar-refractivity contribution in [2.45, 2.75) is 46.2 Å². The van der Waals surface area contributed by atoms with Crippen LogP contribution in [0.2, 0.25) is 5.02 Å². The quantitative estimate of drug-likeness (QED) is 0.797. The van der Waals surface area contributed by atoms with Gasteiger partial charge in [0.2, 0.25) is 5.91 Å². The summed E-state index contributed by atoms with van der Waals surface area (Å²) in [6, 6.07) is 8.06. The zero-order valence-electron chi connectivity index (χ0n) is 12.7. The van der Waals surface area contributed by atoms with Crippen molar-refractivity contribution in [2.75, 3.05) is 13.1 Å². The first-order valence-corrected chi connectivity index (χ1v) is 7.72. The second-order valence-corrected chi connectivity index (χ2v) is 5.45. The largest absolute Gasteiger partial charge is 0.352 e. The van der Waals surface area contributed by atoms with Crippen molar-refractivity contribution in [3.8, 4) is 0 Å².